The van der Waals surface area contributed by atoms with Crippen LogP contribution in [0.3, 0.4) is 0 Å². The Bertz CT molecular complexity index is 371. The third-order valence-corrected chi connectivity index (χ3v) is 1.88. The lowest BCUT2D eigenvalue weighted by Crippen LogP contribution is -1.97. The van der Waals surface area contributed by atoms with Gasteiger partial charge in [-0.15, -0.1) is 0 Å². The van der Waals surface area contributed by atoms with Gasteiger partial charge in [-0.2, -0.15) is 5.26 Å². The minimum Gasteiger partial charge on any atom is -0.493 e. The molecule has 1 aromatic rings. The molecule has 0 N–H and O–H groups in total. The predicted octanol–water partition coefficient (Wildman–Crippen LogP) is 2.18. The van der Waals surface area contributed by atoms with Crippen LogP contribution in [0.1, 0.15) is 12.0 Å². The quantitative estimate of drug-likeness (QED) is 0.564. The lowest BCUT2D eigenvalue weighted by molar-refractivity contribution is -0.108. The van der Waals surface area contributed by atoms with Crippen LogP contribution in [0.5, 0.6) is 5.75 Å². The number of nitrogens with zero attached hydrogens (tertiary/aromatic N) is 1. The second-order valence-corrected chi connectivity index (χ2v) is 2.96. The maximum absolute atomic E-state index is 10.0. The van der Waals surface area contributed by atoms with Crippen LogP contribution in [-0.2, 0) is 4.79 Å². The monoisotopic (exact) mass is 209 g/mol. The molecule has 0 heterocycles. The molecule has 0 aliphatic rings. The fraction of sp³-hybridized carbons (Fsp3) is 0.200. The summed E-state index contributed by atoms with van der Waals surface area (Å²) in [4.78, 5) is 10.0. The van der Waals surface area contributed by atoms with Crippen molar-refractivity contribution in [3.05, 3.63) is 28.8 Å². The van der Waals surface area contributed by atoms with Crippen molar-refractivity contribution in [3.63, 3.8) is 0 Å². The Kier molecular flexibility index (Phi) is 3.96. The van der Waals surface area contributed by atoms with Crippen molar-refractivity contribution in [1.82, 2.24) is 0 Å². The third kappa shape index (κ3) is 2.75. The Labute approximate surface area is 86.9 Å². The van der Waals surface area contributed by atoms with Crippen molar-refractivity contribution in [2.45, 2.75) is 6.42 Å². The molecule has 3 nitrogen and oxygen atoms in total. The van der Waals surface area contributed by atoms with Gasteiger partial charge in [-0.1, -0.05) is 11.6 Å². The lowest BCUT2D eigenvalue weighted by atomic mass is 10.2. The van der Waals surface area contributed by atoms with E-state index in [0.717, 1.165) is 6.29 Å². The summed E-state index contributed by atoms with van der Waals surface area (Å²) in [7, 11) is 0. The summed E-state index contributed by atoms with van der Waals surface area (Å²) in [5.74, 6) is 0.566. The number of halogens is 1. The van der Waals surface area contributed by atoms with E-state index in [1.165, 1.54) is 0 Å². The van der Waals surface area contributed by atoms with Crippen LogP contribution in [0, 0.1) is 11.3 Å². The number of rotatable bonds is 4. The summed E-state index contributed by atoms with van der Waals surface area (Å²) in [6, 6.07) is 6.74. The molecule has 0 spiro atoms. The molecule has 0 atom stereocenters. The number of carbonyl (C=O) groups excluding carboxylic acids is 1. The number of ether oxygens (including phenoxy) is 1. The Hall–Kier alpha value is -1.53. The highest BCUT2D eigenvalue weighted by Gasteiger charge is 2.01. The van der Waals surface area contributed by atoms with Crippen LogP contribution >= 0.6 is 11.6 Å². The van der Waals surface area contributed by atoms with Crippen molar-refractivity contribution in [1.29, 1.82) is 5.26 Å². The number of carbonyl (C=O) groups is 1. The Morgan fingerprint density at radius 2 is 2.36 bits per heavy atom. The second kappa shape index (κ2) is 5.25. The first-order valence-electron chi connectivity index (χ1n) is 4.04. The van der Waals surface area contributed by atoms with Gasteiger partial charge in [-0.05, 0) is 12.1 Å². The van der Waals surface area contributed by atoms with Crippen LogP contribution in [0.15, 0.2) is 18.2 Å². The number of benzene rings is 1. The molecule has 1 rings (SSSR count). The van der Waals surface area contributed by atoms with Gasteiger partial charge >= 0.3 is 0 Å². The smallest absolute Gasteiger partial charge is 0.123 e. The topological polar surface area (TPSA) is 50.1 Å². The highest BCUT2D eigenvalue weighted by molar-refractivity contribution is 6.31. The van der Waals surface area contributed by atoms with Gasteiger partial charge in [-0.25, -0.2) is 0 Å². The summed E-state index contributed by atoms with van der Waals surface area (Å²) >= 11 is 5.77. The molecule has 1 aromatic carbocycles. The highest BCUT2D eigenvalue weighted by Crippen LogP contribution is 2.21. The fourth-order valence-corrected chi connectivity index (χ4v) is 1.11. The van der Waals surface area contributed by atoms with Crippen molar-refractivity contribution in [2.24, 2.45) is 0 Å². The van der Waals surface area contributed by atoms with E-state index in [1.54, 1.807) is 18.2 Å². The molecule has 72 valence electrons. The molecule has 4 heteroatoms. The normalized spacial score (nSPS) is 9.14. The van der Waals surface area contributed by atoms with E-state index in [1.807, 2.05) is 6.07 Å². The average Bonchev–Trinajstić information content (AvgIpc) is 2.18. The molecule has 0 aliphatic carbocycles. The van der Waals surface area contributed by atoms with Crippen LogP contribution in [0.25, 0.3) is 0 Å². The first-order chi connectivity index (χ1) is 6.77. The van der Waals surface area contributed by atoms with Crippen molar-refractivity contribution in [2.75, 3.05) is 6.61 Å². The minimum atomic E-state index is 0.325. The van der Waals surface area contributed by atoms with Crippen LogP contribution in [0.2, 0.25) is 5.02 Å². The molecule has 0 radical (unpaired) electrons. The highest BCUT2D eigenvalue weighted by atomic mass is 35.5. The summed E-state index contributed by atoms with van der Waals surface area (Å²) in [5, 5.41) is 8.96. The molecule has 0 unspecified atom stereocenters. The zero-order valence-corrected chi connectivity index (χ0v) is 8.12. The van der Waals surface area contributed by atoms with E-state index >= 15 is 0 Å². The molecule has 0 aromatic heterocycles. The zero-order valence-electron chi connectivity index (χ0n) is 7.37. The molecular formula is C10H8ClNO2. The van der Waals surface area contributed by atoms with Crippen LogP contribution in [-0.4, -0.2) is 12.9 Å². The van der Waals surface area contributed by atoms with Crippen molar-refractivity contribution in [3.8, 4) is 11.8 Å². The molecule has 0 saturated heterocycles. The van der Waals surface area contributed by atoms with Gasteiger partial charge in [0.15, 0.2) is 0 Å². The van der Waals surface area contributed by atoms with Crippen LogP contribution < -0.4 is 4.74 Å². The predicted molar refractivity (Wildman–Crippen MR) is 52.3 cm³/mol. The zero-order chi connectivity index (χ0) is 10.4. The Morgan fingerprint density at radius 1 is 1.57 bits per heavy atom. The van der Waals surface area contributed by atoms with E-state index in [-0.39, 0.29) is 0 Å². The summed E-state index contributed by atoms with van der Waals surface area (Å²) in [6.07, 6.45) is 1.13. The maximum atomic E-state index is 10.0. The van der Waals surface area contributed by atoms with Crippen molar-refractivity contribution < 1.29 is 9.53 Å². The molecule has 0 bridgehead atoms. The van der Waals surface area contributed by atoms with Gasteiger partial charge in [0.05, 0.1) is 17.2 Å². The van der Waals surface area contributed by atoms with Crippen molar-refractivity contribution >= 4 is 17.9 Å². The molecule has 0 saturated carbocycles. The summed E-state index contributed by atoms with van der Waals surface area (Å²) in [5.41, 5.74) is 0.411. The van der Waals surface area contributed by atoms with E-state index in [4.69, 9.17) is 21.6 Å². The fourth-order valence-electron chi connectivity index (χ4n) is 0.901. The molecule has 0 aliphatic heterocycles. The molecule has 0 fully saturated rings. The van der Waals surface area contributed by atoms with Gasteiger partial charge in [-0.3, -0.25) is 0 Å². The Balaban J connectivity index is 2.67. The second-order valence-electron chi connectivity index (χ2n) is 2.56. The van der Waals surface area contributed by atoms with Gasteiger partial charge in [0, 0.05) is 12.5 Å². The SMILES string of the molecule is N#Cc1ccc(OCCC=O)cc1Cl. The molecule has 0 amide bonds. The molecular weight excluding hydrogens is 202 g/mol. The van der Waals surface area contributed by atoms with Gasteiger partial charge in [0.25, 0.3) is 0 Å². The van der Waals surface area contributed by atoms with Gasteiger partial charge in [0.1, 0.15) is 18.1 Å². The standard InChI is InChI=1S/C10H8ClNO2/c11-10-6-9(14-5-1-4-13)3-2-8(10)7-12/h2-4,6H,1,5H2. The minimum absolute atomic E-state index is 0.325. The average molecular weight is 210 g/mol. The molecule has 14 heavy (non-hydrogen) atoms. The van der Waals surface area contributed by atoms with Gasteiger partial charge < -0.3 is 9.53 Å². The maximum Gasteiger partial charge on any atom is 0.123 e. The number of hydrogen-bond donors (Lipinski definition) is 0. The number of aldehydes is 1. The van der Waals surface area contributed by atoms with E-state index < -0.39 is 0 Å². The van der Waals surface area contributed by atoms with Gasteiger partial charge in [0.2, 0.25) is 0 Å². The van der Waals surface area contributed by atoms with E-state index in [2.05, 4.69) is 0 Å². The van der Waals surface area contributed by atoms with E-state index in [0.29, 0.717) is 29.4 Å². The summed E-state index contributed by atoms with van der Waals surface area (Å²) in [6.45, 7) is 0.325. The first-order valence-corrected chi connectivity index (χ1v) is 4.42. The number of nitriles is 1. The third-order valence-electron chi connectivity index (χ3n) is 1.57. The summed E-state index contributed by atoms with van der Waals surface area (Å²) < 4.78 is 5.20. The first kappa shape index (κ1) is 10.6. The van der Waals surface area contributed by atoms with Crippen LogP contribution in [0.4, 0.5) is 0 Å². The largest absolute Gasteiger partial charge is 0.493 e. The Morgan fingerprint density at radius 3 is 2.93 bits per heavy atom. The number of hydrogen-bond acceptors (Lipinski definition) is 3. The van der Waals surface area contributed by atoms with E-state index in [9.17, 15) is 4.79 Å². The lowest BCUT2D eigenvalue weighted by Gasteiger charge is -2.04.